The van der Waals surface area contributed by atoms with Gasteiger partial charge in [-0.2, -0.15) is 0 Å². The van der Waals surface area contributed by atoms with Crippen LogP contribution in [0.3, 0.4) is 0 Å². The third-order valence-electron chi connectivity index (χ3n) is 3.37. The molecule has 0 bridgehead atoms. The van der Waals surface area contributed by atoms with E-state index >= 15 is 0 Å². The van der Waals surface area contributed by atoms with Gasteiger partial charge in [-0.05, 0) is 30.2 Å². The summed E-state index contributed by atoms with van der Waals surface area (Å²) in [5, 5.41) is 23.1. The van der Waals surface area contributed by atoms with Crippen LogP contribution in [0.5, 0.6) is 0 Å². The van der Waals surface area contributed by atoms with Crippen molar-refractivity contribution in [2.75, 3.05) is 6.61 Å². The Labute approximate surface area is 119 Å². The Kier molecular flexibility index (Phi) is 5.24. The van der Waals surface area contributed by atoms with E-state index in [-0.39, 0.29) is 18.7 Å². The summed E-state index contributed by atoms with van der Waals surface area (Å²) >= 11 is 0. The van der Waals surface area contributed by atoms with Gasteiger partial charge in [-0.25, -0.2) is 0 Å². The van der Waals surface area contributed by atoms with Gasteiger partial charge in [0.05, 0.1) is 18.8 Å². The largest absolute Gasteiger partial charge is 0.394 e. The number of nitrogens with one attached hydrogen (secondary N) is 1. The molecule has 0 radical (unpaired) electrons. The third-order valence-corrected chi connectivity index (χ3v) is 3.37. The minimum Gasteiger partial charge on any atom is -0.394 e. The van der Waals surface area contributed by atoms with Crippen LogP contribution in [0.15, 0.2) is 54.9 Å². The Morgan fingerprint density at radius 3 is 2.30 bits per heavy atom. The average Bonchev–Trinajstić information content (AvgIpc) is 2.53. The van der Waals surface area contributed by atoms with E-state index in [0.717, 1.165) is 11.1 Å². The minimum absolute atomic E-state index is 0.0164. The number of rotatable bonds is 6. The van der Waals surface area contributed by atoms with Crippen LogP contribution >= 0.6 is 0 Å². The summed E-state index contributed by atoms with van der Waals surface area (Å²) in [5.41, 5.74) is 1.81. The van der Waals surface area contributed by atoms with Crippen molar-refractivity contribution in [1.29, 1.82) is 0 Å². The van der Waals surface area contributed by atoms with Gasteiger partial charge < -0.3 is 15.5 Å². The second-order valence-electron chi connectivity index (χ2n) is 4.83. The number of aliphatic hydroxyl groups is 2. The van der Waals surface area contributed by atoms with E-state index in [1.54, 1.807) is 24.5 Å². The Hall–Kier alpha value is -1.75. The van der Waals surface area contributed by atoms with Crippen molar-refractivity contribution in [3.05, 3.63) is 66.0 Å². The second-order valence-corrected chi connectivity index (χ2v) is 4.83. The van der Waals surface area contributed by atoms with Gasteiger partial charge in [0, 0.05) is 18.4 Å². The van der Waals surface area contributed by atoms with Gasteiger partial charge in [-0.15, -0.1) is 0 Å². The van der Waals surface area contributed by atoms with Gasteiger partial charge in [-0.3, -0.25) is 4.98 Å². The molecule has 20 heavy (non-hydrogen) atoms. The molecule has 4 heteroatoms. The summed E-state index contributed by atoms with van der Waals surface area (Å²) in [5.74, 6) is 0. The number of hydrogen-bond acceptors (Lipinski definition) is 4. The summed E-state index contributed by atoms with van der Waals surface area (Å²) in [7, 11) is 0. The molecule has 0 saturated carbocycles. The van der Waals surface area contributed by atoms with Crippen LogP contribution in [0, 0.1) is 0 Å². The monoisotopic (exact) mass is 272 g/mol. The van der Waals surface area contributed by atoms with Crippen LogP contribution in [0.25, 0.3) is 0 Å². The third kappa shape index (κ3) is 3.63. The molecule has 1 aromatic heterocycles. The lowest BCUT2D eigenvalue weighted by Crippen LogP contribution is -2.36. The van der Waals surface area contributed by atoms with Crippen molar-refractivity contribution >= 4 is 0 Å². The zero-order valence-corrected chi connectivity index (χ0v) is 11.5. The van der Waals surface area contributed by atoms with Crippen molar-refractivity contribution in [3.8, 4) is 0 Å². The van der Waals surface area contributed by atoms with Crippen molar-refractivity contribution in [2.45, 2.75) is 25.1 Å². The Bertz CT molecular complexity index is 504. The Balaban J connectivity index is 2.04. The molecular formula is C16H20N2O2. The number of benzene rings is 1. The summed E-state index contributed by atoms with van der Waals surface area (Å²) in [6, 6.07) is 12.9. The molecule has 4 nitrogen and oxygen atoms in total. The van der Waals surface area contributed by atoms with Crippen molar-refractivity contribution in [3.63, 3.8) is 0 Å². The van der Waals surface area contributed by atoms with Crippen molar-refractivity contribution < 1.29 is 10.2 Å². The second kappa shape index (κ2) is 7.14. The molecule has 1 aromatic carbocycles. The molecule has 2 aromatic rings. The van der Waals surface area contributed by atoms with Crippen LogP contribution in [0.1, 0.15) is 30.2 Å². The molecule has 0 aliphatic carbocycles. The number of pyridine rings is 1. The van der Waals surface area contributed by atoms with Crippen LogP contribution in [-0.4, -0.2) is 27.8 Å². The van der Waals surface area contributed by atoms with E-state index in [1.807, 2.05) is 37.3 Å². The topological polar surface area (TPSA) is 65.4 Å². The number of aromatic nitrogens is 1. The molecule has 0 aliphatic rings. The highest BCUT2D eigenvalue weighted by atomic mass is 16.3. The lowest BCUT2D eigenvalue weighted by molar-refractivity contribution is 0.119. The summed E-state index contributed by atoms with van der Waals surface area (Å²) in [6.45, 7) is 1.88. The maximum absolute atomic E-state index is 10.3. The normalized spacial score (nSPS) is 15.6. The van der Waals surface area contributed by atoms with E-state index in [2.05, 4.69) is 10.3 Å². The van der Waals surface area contributed by atoms with Gasteiger partial charge in [0.15, 0.2) is 0 Å². The molecule has 3 atom stereocenters. The maximum Gasteiger partial charge on any atom is 0.0941 e. The molecule has 106 valence electrons. The summed E-state index contributed by atoms with van der Waals surface area (Å²) in [4.78, 5) is 3.94. The summed E-state index contributed by atoms with van der Waals surface area (Å²) in [6.07, 6.45) is 2.67. The molecule has 0 spiro atoms. The number of hydrogen-bond donors (Lipinski definition) is 3. The molecule has 0 saturated heterocycles. The predicted octanol–water partition coefficient (Wildman–Crippen LogP) is 1.83. The number of aliphatic hydroxyl groups excluding tert-OH is 2. The highest BCUT2D eigenvalue weighted by molar-refractivity contribution is 5.20. The van der Waals surface area contributed by atoms with E-state index in [1.165, 1.54) is 0 Å². The lowest BCUT2D eigenvalue weighted by atomic mass is 10.0. The van der Waals surface area contributed by atoms with Gasteiger partial charge in [0.25, 0.3) is 0 Å². The molecule has 1 heterocycles. The standard InChI is InChI=1S/C16H20N2O2/c1-12(16(20)14-7-9-17-10-8-14)18-15(11-19)13-5-3-2-4-6-13/h2-10,12,15-16,18-20H,11H2,1H3/t12?,15-,16+/m0/s1. The average molecular weight is 272 g/mol. The quantitative estimate of drug-likeness (QED) is 0.750. The maximum atomic E-state index is 10.3. The first kappa shape index (κ1) is 14.7. The van der Waals surface area contributed by atoms with E-state index in [4.69, 9.17) is 0 Å². The fourth-order valence-corrected chi connectivity index (χ4v) is 2.20. The van der Waals surface area contributed by atoms with E-state index in [9.17, 15) is 10.2 Å². The first-order valence-electron chi connectivity index (χ1n) is 6.72. The fourth-order valence-electron chi connectivity index (χ4n) is 2.20. The highest BCUT2D eigenvalue weighted by Crippen LogP contribution is 2.19. The van der Waals surface area contributed by atoms with Crippen LogP contribution in [-0.2, 0) is 0 Å². The first-order valence-corrected chi connectivity index (χ1v) is 6.72. The highest BCUT2D eigenvalue weighted by Gasteiger charge is 2.20. The zero-order valence-electron chi connectivity index (χ0n) is 11.5. The molecule has 3 N–H and O–H groups in total. The SMILES string of the molecule is CC(N[C@@H](CO)c1ccccc1)[C@@H](O)c1ccncc1. The smallest absolute Gasteiger partial charge is 0.0941 e. The predicted molar refractivity (Wildman–Crippen MR) is 78.1 cm³/mol. The zero-order chi connectivity index (χ0) is 14.4. The van der Waals surface area contributed by atoms with Crippen LogP contribution in [0.4, 0.5) is 0 Å². The van der Waals surface area contributed by atoms with Crippen LogP contribution < -0.4 is 5.32 Å². The number of nitrogens with zero attached hydrogens (tertiary/aromatic N) is 1. The Morgan fingerprint density at radius 1 is 1.05 bits per heavy atom. The minimum atomic E-state index is -0.643. The van der Waals surface area contributed by atoms with Crippen LogP contribution in [0.2, 0.25) is 0 Å². The van der Waals surface area contributed by atoms with E-state index < -0.39 is 6.10 Å². The van der Waals surface area contributed by atoms with Crippen molar-refractivity contribution in [2.24, 2.45) is 0 Å². The van der Waals surface area contributed by atoms with Gasteiger partial charge in [0.2, 0.25) is 0 Å². The molecule has 0 aliphatic heterocycles. The molecular weight excluding hydrogens is 252 g/mol. The van der Waals surface area contributed by atoms with Gasteiger partial charge in [-0.1, -0.05) is 30.3 Å². The van der Waals surface area contributed by atoms with Gasteiger partial charge >= 0.3 is 0 Å². The summed E-state index contributed by atoms with van der Waals surface area (Å²) < 4.78 is 0. The molecule has 0 fully saturated rings. The molecule has 2 rings (SSSR count). The van der Waals surface area contributed by atoms with Crippen molar-refractivity contribution in [1.82, 2.24) is 10.3 Å². The van der Waals surface area contributed by atoms with Gasteiger partial charge in [0.1, 0.15) is 0 Å². The fraction of sp³-hybridized carbons (Fsp3) is 0.312. The molecule has 0 amide bonds. The Morgan fingerprint density at radius 2 is 1.70 bits per heavy atom. The molecule has 1 unspecified atom stereocenters. The lowest BCUT2D eigenvalue weighted by Gasteiger charge is -2.26. The van der Waals surface area contributed by atoms with E-state index in [0.29, 0.717) is 0 Å². The first-order chi connectivity index (χ1) is 9.72.